The van der Waals surface area contributed by atoms with Crippen molar-refractivity contribution in [3.05, 3.63) is 30.0 Å². The van der Waals surface area contributed by atoms with E-state index in [0.29, 0.717) is 0 Å². The average Bonchev–Trinajstić information content (AvgIpc) is 2.50. The van der Waals surface area contributed by atoms with E-state index >= 15 is 0 Å². The largest absolute Gasteiger partial charge is 0.508 e. The molecule has 0 bridgehead atoms. The molecule has 1 aromatic rings. The van der Waals surface area contributed by atoms with Gasteiger partial charge in [-0.05, 0) is 66.7 Å². The molecule has 0 fully saturated rings. The van der Waals surface area contributed by atoms with E-state index in [1.54, 1.807) is 60.6 Å². The molecule has 7 heteroatoms. The summed E-state index contributed by atoms with van der Waals surface area (Å²) in [5.74, 6) is -0.760. The Labute approximate surface area is 154 Å². The molecular formula is C19H28N2O5. The van der Waals surface area contributed by atoms with Gasteiger partial charge >= 0.3 is 6.09 Å². The summed E-state index contributed by atoms with van der Waals surface area (Å²) in [6.07, 6.45) is 1.99. The highest BCUT2D eigenvalue weighted by molar-refractivity contribution is 6.13. The number of ether oxygens (including phenoxy) is 2. The summed E-state index contributed by atoms with van der Waals surface area (Å²) >= 11 is 0. The smallest absolute Gasteiger partial charge is 0.423 e. The first-order chi connectivity index (χ1) is 11.9. The second kappa shape index (κ2) is 8.31. The number of aliphatic hydroxyl groups is 1. The van der Waals surface area contributed by atoms with E-state index < -0.39 is 23.2 Å². The van der Waals surface area contributed by atoms with Crippen LogP contribution in [-0.4, -0.2) is 39.9 Å². The zero-order valence-electron chi connectivity index (χ0n) is 16.5. The lowest BCUT2D eigenvalue weighted by molar-refractivity contribution is -0.127. The van der Waals surface area contributed by atoms with Crippen LogP contribution in [0.1, 0.15) is 54.0 Å². The van der Waals surface area contributed by atoms with Gasteiger partial charge in [0.2, 0.25) is 0 Å². The SMILES string of the molecule is C/C=C(\O)c1cccnc1N(C(=O)COC(C)(C)C)C(=O)OC(C)(C)C. The van der Waals surface area contributed by atoms with Crippen molar-refractivity contribution in [3.8, 4) is 0 Å². The molecule has 0 atom stereocenters. The third-order valence-electron chi connectivity index (χ3n) is 3.00. The summed E-state index contributed by atoms with van der Waals surface area (Å²) < 4.78 is 10.8. The van der Waals surface area contributed by atoms with E-state index in [2.05, 4.69) is 4.98 Å². The molecule has 144 valence electrons. The van der Waals surface area contributed by atoms with Crippen molar-refractivity contribution in [2.45, 2.75) is 59.7 Å². The van der Waals surface area contributed by atoms with Gasteiger partial charge in [0.1, 0.15) is 18.0 Å². The molecule has 1 heterocycles. The summed E-state index contributed by atoms with van der Waals surface area (Å²) in [5, 5.41) is 10.1. The summed E-state index contributed by atoms with van der Waals surface area (Å²) in [5.41, 5.74) is -1.13. The first-order valence-electron chi connectivity index (χ1n) is 8.36. The Morgan fingerprint density at radius 2 is 1.81 bits per heavy atom. The van der Waals surface area contributed by atoms with Gasteiger partial charge in [0.05, 0.1) is 11.2 Å². The number of hydrogen-bond acceptors (Lipinski definition) is 6. The highest BCUT2D eigenvalue weighted by Gasteiger charge is 2.32. The third-order valence-corrected chi connectivity index (χ3v) is 3.00. The number of amides is 2. The van der Waals surface area contributed by atoms with Crippen LogP contribution in [0.25, 0.3) is 5.76 Å². The lowest BCUT2D eigenvalue weighted by Crippen LogP contribution is -2.44. The minimum absolute atomic E-state index is 0.0140. The molecule has 2 amide bonds. The second-order valence-electron chi connectivity index (χ2n) is 7.66. The lowest BCUT2D eigenvalue weighted by Gasteiger charge is -2.27. The Morgan fingerprint density at radius 3 is 2.31 bits per heavy atom. The number of rotatable bonds is 4. The van der Waals surface area contributed by atoms with Crippen molar-refractivity contribution >= 4 is 23.6 Å². The van der Waals surface area contributed by atoms with Crippen LogP contribution >= 0.6 is 0 Å². The summed E-state index contributed by atoms with van der Waals surface area (Å²) in [4.78, 5) is 30.3. The molecule has 0 unspecified atom stereocenters. The Bertz CT molecular complexity index is 684. The molecule has 0 aromatic carbocycles. The van der Waals surface area contributed by atoms with E-state index in [1.807, 2.05) is 0 Å². The van der Waals surface area contributed by atoms with Crippen molar-refractivity contribution < 1.29 is 24.2 Å². The Balaban J connectivity index is 3.33. The fraction of sp³-hybridized carbons (Fsp3) is 0.526. The van der Waals surface area contributed by atoms with Crippen LogP contribution in [0.2, 0.25) is 0 Å². The summed E-state index contributed by atoms with van der Waals surface area (Å²) in [6.45, 7) is 11.8. The summed E-state index contributed by atoms with van der Waals surface area (Å²) in [6, 6.07) is 3.16. The number of pyridine rings is 1. The number of aromatic nitrogens is 1. The van der Waals surface area contributed by atoms with E-state index in [9.17, 15) is 14.7 Å². The third kappa shape index (κ3) is 6.48. The number of carbonyl (C=O) groups is 2. The van der Waals surface area contributed by atoms with Gasteiger partial charge in [-0.15, -0.1) is 0 Å². The number of allylic oxidation sites excluding steroid dienone is 1. The molecule has 0 radical (unpaired) electrons. The van der Waals surface area contributed by atoms with E-state index in [1.165, 1.54) is 12.3 Å². The fourth-order valence-corrected chi connectivity index (χ4v) is 1.89. The number of carbonyl (C=O) groups excluding carboxylic acids is 2. The monoisotopic (exact) mass is 364 g/mol. The Morgan fingerprint density at radius 1 is 1.19 bits per heavy atom. The fourth-order valence-electron chi connectivity index (χ4n) is 1.89. The lowest BCUT2D eigenvalue weighted by atomic mass is 10.2. The zero-order chi connectivity index (χ0) is 20.1. The quantitative estimate of drug-likeness (QED) is 0.810. The molecular weight excluding hydrogens is 336 g/mol. The molecule has 7 nitrogen and oxygen atoms in total. The predicted octanol–water partition coefficient (Wildman–Crippen LogP) is 4.08. The van der Waals surface area contributed by atoms with Gasteiger partial charge in [0, 0.05) is 6.20 Å². The maximum Gasteiger partial charge on any atom is 0.423 e. The predicted molar refractivity (Wildman–Crippen MR) is 99.9 cm³/mol. The number of hydrogen-bond donors (Lipinski definition) is 1. The van der Waals surface area contributed by atoms with Crippen molar-refractivity contribution in [1.82, 2.24) is 4.98 Å². The minimum Gasteiger partial charge on any atom is -0.508 e. The van der Waals surface area contributed by atoms with E-state index in [4.69, 9.17) is 9.47 Å². The molecule has 0 aliphatic carbocycles. The molecule has 0 spiro atoms. The van der Waals surface area contributed by atoms with Crippen LogP contribution in [0.5, 0.6) is 0 Å². The Kier molecular flexibility index (Phi) is 6.92. The molecule has 0 saturated carbocycles. The van der Waals surface area contributed by atoms with Crippen LogP contribution in [-0.2, 0) is 14.3 Å². The highest BCUT2D eigenvalue weighted by atomic mass is 16.6. The molecule has 1 aromatic heterocycles. The average molecular weight is 364 g/mol. The molecule has 1 rings (SSSR count). The standard InChI is InChI=1S/C19H28N2O5/c1-8-14(22)13-10-9-11-20-16(13)21(17(24)26-19(5,6)7)15(23)12-25-18(2,3)4/h8-11,22H,12H2,1-7H3/b14-8-. The maximum absolute atomic E-state index is 12.7. The van der Waals surface area contributed by atoms with Crippen LogP contribution in [0.15, 0.2) is 24.4 Å². The number of anilines is 1. The van der Waals surface area contributed by atoms with Crippen LogP contribution in [0.3, 0.4) is 0 Å². The molecule has 26 heavy (non-hydrogen) atoms. The van der Waals surface area contributed by atoms with Gasteiger partial charge in [-0.2, -0.15) is 4.90 Å². The second-order valence-corrected chi connectivity index (χ2v) is 7.66. The first-order valence-corrected chi connectivity index (χ1v) is 8.36. The highest BCUT2D eigenvalue weighted by Crippen LogP contribution is 2.25. The Hall–Kier alpha value is -2.41. The molecule has 1 N–H and O–H groups in total. The van der Waals surface area contributed by atoms with E-state index in [-0.39, 0.29) is 23.7 Å². The number of nitrogens with zero attached hydrogens (tertiary/aromatic N) is 2. The first kappa shape index (κ1) is 21.6. The van der Waals surface area contributed by atoms with Gasteiger partial charge in [0.25, 0.3) is 5.91 Å². The van der Waals surface area contributed by atoms with Crippen molar-refractivity contribution in [2.24, 2.45) is 0 Å². The topological polar surface area (TPSA) is 89.0 Å². The number of aliphatic hydroxyl groups excluding tert-OH is 1. The number of imide groups is 1. The van der Waals surface area contributed by atoms with Gasteiger partial charge < -0.3 is 14.6 Å². The van der Waals surface area contributed by atoms with Crippen molar-refractivity contribution in [3.63, 3.8) is 0 Å². The molecule has 0 saturated heterocycles. The molecule has 0 aliphatic heterocycles. The van der Waals surface area contributed by atoms with Gasteiger partial charge in [-0.25, -0.2) is 9.78 Å². The van der Waals surface area contributed by atoms with Crippen LogP contribution in [0, 0.1) is 0 Å². The van der Waals surface area contributed by atoms with Crippen LogP contribution < -0.4 is 4.90 Å². The van der Waals surface area contributed by atoms with Gasteiger partial charge in [-0.1, -0.05) is 0 Å². The van der Waals surface area contributed by atoms with Gasteiger partial charge in [0.15, 0.2) is 5.82 Å². The molecule has 0 aliphatic rings. The zero-order valence-corrected chi connectivity index (χ0v) is 16.5. The van der Waals surface area contributed by atoms with Crippen molar-refractivity contribution in [1.29, 1.82) is 0 Å². The van der Waals surface area contributed by atoms with E-state index in [0.717, 1.165) is 4.90 Å². The minimum atomic E-state index is -0.885. The van der Waals surface area contributed by atoms with Gasteiger partial charge in [-0.3, -0.25) is 4.79 Å². The summed E-state index contributed by atoms with van der Waals surface area (Å²) in [7, 11) is 0. The van der Waals surface area contributed by atoms with Crippen LogP contribution in [0.4, 0.5) is 10.6 Å². The normalized spacial score (nSPS) is 12.7. The van der Waals surface area contributed by atoms with Crippen molar-refractivity contribution in [2.75, 3.05) is 11.5 Å². The maximum atomic E-state index is 12.7.